The Hall–Kier alpha value is -4.67. The molecule has 38 heavy (non-hydrogen) atoms. The molecule has 11 heteroatoms. The van der Waals surface area contributed by atoms with Crippen molar-refractivity contribution in [2.75, 3.05) is 52.4 Å². The Morgan fingerprint density at radius 1 is 0.947 bits per heavy atom. The van der Waals surface area contributed by atoms with Crippen LogP contribution in [0.1, 0.15) is 11.1 Å². The van der Waals surface area contributed by atoms with Gasteiger partial charge in [-0.1, -0.05) is 35.5 Å². The average molecular weight is 516 g/mol. The zero-order valence-electron chi connectivity index (χ0n) is 21.6. The van der Waals surface area contributed by atoms with Crippen LogP contribution in [0.3, 0.4) is 0 Å². The second kappa shape index (κ2) is 11.2. The van der Waals surface area contributed by atoms with Gasteiger partial charge in [-0.3, -0.25) is 4.79 Å². The highest BCUT2D eigenvalue weighted by Crippen LogP contribution is 2.38. The normalized spacial score (nSPS) is 13.8. The number of nitrogens with zero attached hydrogens (tertiary/aromatic N) is 7. The summed E-state index contributed by atoms with van der Waals surface area (Å²) in [6.45, 7) is 2.95. The molecular formula is C27H29N7O4. The molecule has 1 saturated heterocycles. The number of ether oxygens (including phenoxy) is 3. The molecule has 4 aromatic rings. The number of fused-ring (bicyclic) bond motifs is 1. The number of aromatic nitrogens is 5. The van der Waals surface area contributed by atoms with Gasteiger partial charge in [0.05, 0.1) is 27.9 Å². The molecule has 0 aliphatic carbocycles. The van der Waals surface area contributed by atoms with E-state index in [-0.39, 0.29) is 5.91 Å². The number of benzene rings is 2. The Morgan fingerprint density at radius 2 is 1.66 bits per heavy atom. The third kappa shape index (κ3) is 5.08. The fraction of sp³-hybridized carbons (Fsp3) is 0.296. The number of rotatable bonds is 8. The van der Waals surface area contributed by atoms with Crippen molar-refractivity contribution >= 4 is 29.0 Å². The molecule has 0 bridgehead atoms. The fourth-order valence-corrected chi connectivity index (χ4v) is 4.48. The van der Waals surface area contributed by atoms with Crippen molar-refractivity contribution in [3.05, 3.63) is 66.0 Å². The number of hydrogen-bond donors (Lipinski definition) is 0. The van der Waals surface area contributed by atoms with Gasteiger partial charge >= 0.3 is 0 Å². The summed E-state index contributed by atoms with van der Waals surface area (Å²) in [4.78, 5) is 25.8. The molecule has 1 amide bonds. The lowest BCUT2D eigenvalue weighted by molar-refractivity contribution is -0.126. The second-order valence-electron chi connectivity index (χ2n) is 8.71. The minimum Gasteiger partial charge on any atom is -0.493 e. The summed E-state index contributed by atoms with van der Waals surface area (Å²) in [5.74, 6) is 2.23. The van der Waals surface area contributed by atoms with Crippen LogP contribution in [0.4, 0.5) is 5.82 Å². The maximum absolute atomic E-state index is 12.9. The molecule has 2 aromatic heterocycles. The summed E-state index contributed by atoms with van der Waals surface area (Å²) < 4.78 is 17.9. The third-order valence-electron chi connectivity index (χ3n) is 6.45. The maximum atomic E-state index is 12.9. The van der Waals surface area contributed by atoms with Gasteiger partial charge in [0.15, 0.2) is 28.5 Å². The third-order valence-corrected chi connectivity index (χ3v) is 6.45. The molecule has 2 aromatic carbocycles. The van der Waals surface area contributed by atoms with Gasteiger partial charge in [-0.05, 0) is 29.3 Å². The number of carbonyl (C=O) groups is 1. The van der Waals surface area contributed by atoms with Crippen LogP contribution in [0.5, 0.6) is 17.2 Å². The van der Waals surface area contributed by atoms with Crippen LogP contribution < -0.4 is 19.1 Å². The molecule has 196 valence electrons. The van der Waals surface area contributed by atoms with E-state index in [2.05, 4.69) is 25.2 Å². The molecule has 5 rings (SSSR count). The molecule has 0 N–H and O–H groups in total. The lowest BCUT2D eigenvalue weighted by Crippen LogP contribution is -2.48. The molecule has 0 radical (unpaired) electrons. The van der Waals surface area contributed by atoms with Crippen LogP contribution in [-0.4, -0.2) is 83.3 Å². The summed E-state index contributed by atoms with van der Waals surface area (Å²) in [7, 11) is 4.67. The van der Waals surface area contributed by atoms with Crippen molar-refractivity contribution in [1.29, 1.82) is 0 Å². The molecule has 0 saturated carbocycles. The highest BCUT2D eigenvalue weighted by molar-refractivity contribution is 5.92. The van der Waals surface area contributed by atoms with Crippen molar-refractivity contribution in [1.82, 2.24) is 29.9 Å². The molecule has 1 aliphatic rings. The van der Waals surface area contributed by atoms with E-state index in [9.17, 15) is 4.79 Å². The SMILES string of the molecule is COc1cc(/C=C\C(=O)N2CCN(c3ncnc4c3nnn4Cc3ccccc3)CC2)cc(OC)c1OC. The first kappa shape index (κ1) is 25.0. The maximum Gasteiger partial charge on any atom is 0.246 e. The molecule has 0 unspecified atom stereocenters. The lowest BCUT2D eigenvalue weighted by atomic mass is 10.1. The Kier molecular flexibility index (Phi) is 7.34. The quantitative estimate of drug-likeness (QED) is 0.327. The number of anilines is 1. The van der Waals surface area contributed by atoms with E-state index < -0.39 is 0 Å². The predicted octanol–water partition coefficient (Wildman–Crippen LogP) is 2.66. The smallest absolute Gasteiger partial charge is 0.246 e. The van der Waals surface area contributed by atoms with Gasteiger partial charge in [0.2, 0.25) is 11.7 Å². The summed E-state index contributed by atoms with van der Waals surface area (Å²) in [6, 6.07) is 13.7. The van der Waals surface area contributed by atoms with Crippen molar-refractivity contribution < 1.29 is 19.0 Å². The van der Waals surface area contributed by atoms with Gasteiger partial charge in [-0.15, -0.1) is 5.10 Å². The van der Waals surface area contributed by atoms with Gasteiger partial charge in [0.1, 0.15) is 6.33 Å². The molecular weight excluding hydrogens is 486 g/mol. The highest BCUT2D eigenvalue weighted by Gasteiger charge is 2.24. The minimum absolute atomic E-state index is 0.0694. The van der Waals surface area contributed by atoms with Gasteiger partial charge in [0.25, 0.3) is 0 Å². The largest absolute Gasteiger partial charge is 0.493 e. The second-order valence-corrected chi connectivity index (χ2v) is 8.71. The number of methoxy groups -OCH3 is 3. The predicted molar refractivity (Wildman–Crippen MR) is 143 cm³/mol. The van der Waals surface area contributed by atoms with E-state index in [1.54, 1.807) is 56.6 Å². The zero-order valence-corrected chi connectivity index (χ0v) is 21.6. The first-order valence-electron chi connectivity index (χ1n) is 12.2. The van der Waals surface area contributed by atoms with E-state index in [1.807, 2.05) is 35.2 Å². The minimum atomic E-state index is -0.0694. The Labute approximate surface area is 220 Å². The lowest BCUT2D eigenvalue weighted by Gasteiger charge is -2.34. The highest BCUT2D eigenvalue weighted by atomic mass is 16.5. The van der Waals surface area contributed by atoms with E-state index in [4.69, 9.17) is 14.2 Å². The van der Waals surface area contributed by atoms with Gasteiger partial charge in [-0.25, -0.2) is 14.6 Å². The topological polar surface area (TPSA) is 108 Å². The van der Waals surface area contributed by atoms with Crippen LogP contribution in [0, 0.1) is 0 Å². The van der Waals surface area contributed by atoms with Crippen molar-refractivity contribution in [3.8, 4) is 17.2 Å². The van der Waals surface area contributed by atoms with Gasteiger partial charge < -0.3 is 24.0 Å². The Bertz CT molecular complexity index is 1420. The van der Waals surface area contributed by atoms with E-state index in [1.165, 1.54) is 0 Å². The fourth-order valence-electron chi connectivity index (χ4n) is 4.48. The molecule has 1 aliphatic heterocycles. The first-order valence-corrected chi connectivity index (χ1v) is 12.2. The van der Waals surface area contributed by atoms with Gasteiger partial charge in [-0.2, -0.15) is 0 Å². The Morgan fingerprint density at radius 3 is 2.32 bits per heavy atom. The van der Waals surface area contributed by atoms with Crippen molar-refractivity contribution in [2.24, 2.45) is 0 Å². The van der Waals surface area contributed by atoms with Crippen LogP contribution >= 0.6 is 0 Å². The van der Waals surface area contributed by atoms with E-state index in [0.29, 0.717) is 61.1 Å². The number of hydrogen-bond acceptors (Lipinski definition) is 9. The number of piperazine rings is 1. The van der Waals surface area contributed by atoms with Crippen LogP contribution in [-0.2, 0) is 11.3 Å². The molecule has 0 spiro atoms. The van der Waals surface area contributed by atoms with Crippen molar-refractivity contribution in [2.45, 2.75) is 6.54 Å². The number of amides is 1. The van der Waals surface area contributed by atoms with E-state index >= 15 is 0 Å². The number of carbonyl (C=O) groups excluding carboxylic acids is 1. The first-order chi connectivity index (χ1) is 18.6. The van der Waals surface area contributed by atoms with Gasteiger partial charge in [0, 0.05) is 32.3 Å². The average Bonchev–Trinajstić information content (AvgIpc) is 3.38. The summed E-state index contributed by atoms with van der Waals surface area (Å²) in [5, 5.41) is 8.69. The molecule has 3 heterocycles. The molecule has 11 nitrogen and oxygen atoms in total. The molecule has 0 atom stereocenters. The summed E-state index contributed by atoms with van der Waals surface area (Å²) in [6.07, 6.45) is 4.85. The zero-order chi connectivity index (χ0) is 26.5. The summed E-state index contributed by atoms with van der Waals surface area (Å²) in [5.41, 5.74) is 3.23. The standard InChI is InChI=1S/C27H29N7O4/c1-36-21-15-20(16-22(37-2)25(21)38-3)9-10-23(35)32-11-13-33(14-12-32)26-24-27(29-18-28-26)34(31-30-24)17-19-7-5-4-6-8-19/h4-10,15-16,18H,11-14,17H2,1-3H3/b10-9-. The van der Waals surface area contributed by atoms with Crippen LogP contribution in [0.25, 0.3) is 17.2 Å². The van der Waals surface area contributed by atoms with Crippen LogP contribution in [0.15, 0.2) is 54.9 Å². The Balaban J connectivity index is 1.25. The van der Waals surface area contributed by atoms with E-state index in [0.717, 1.165) is 16.9 Å². The monoisotopic (exact) mass is 515 g/mol. The van der Waals surface area contributed by atoms with Crippen LogP contribution in [0.2, 0.25) is 0 Å². The summed E-state index contributed by atoms with van der Waals surface area (Å²) >= 11 is 0. The molecule has 1 fully saturated rings. The van der Waals surface area contributed by atoms with Crippen molar-refractivity contribution in [3.63, 3.8) is 0 Å².